The number of pyridine rings is 1. The number of aromatic nitrogens is 3. The summed E-state index contributed by atoms with van der Waals surface area (Å²) in [7, 11) is 0. The first kappa shape index (κ1) is 11.8. The molecule has 2 aromatic heterocycles. The van der Waals surface area contributed by atoms with Gasteiger partial charge in [-0.2, -0.15) is 0 Å². The van der Waals surface area contributed by atoms with Gasteiger partial charge in [-0.15, -0.1) is 0 Å². The van der Waals surface area contributed by atoms with Gasteiger partial charge in [-0.25, -0.2) is 9.97 Å². The molecule has 0 bridgehead atoms. The molecule has 1 N–H and O–H groups in total. The van der Waals surface area contributed by atoms with Crippen LogP contribution in [0.3, 0.4) is 0 Å². The average molecular weight is 230 g/mol. The summed E-state index contributed by atoms with van der Waals surface area (Å²) in [5.41, 5.74) is 2.32. The van der Waals surface area contributed by atoms with E-state index in [0.29, 0.717) is 0 Å². The van der Waals surface area contributed by atoms with Crippen molar-refractivity contribution in [2.24, 2.45) is 0 Å². The van der Waals surface area contributed by atoms with Gasteiger partial charge in [0.2, 0.25) is 0 Å². The molecule has 0 unspecified atom stereocenters. The fourth-order valence-corrected chi connectivity index (χ4v) is 1.70. The van der Waals surface area contributed by atoms with Crippen LogP contribution in [0.25, 0.3) is 5.82 Å². The number of nitrogens with zero attached hydrogens (tertiary/aromatic N) is 3. The molecule has 2 aromatic rings. The zero-order chi connectivity index (χ0) is 12.1. The van der Waals surface area contributed by atoms with E-state index in [0.717, 1.165) is 31.0 Å². The van der Waals surface area contributed by atoms with Crippen molar-refractivity contribution in [1.82, 2.24) is 19.9 Å². The number of hydrogen-bond donors (Lipinski definition) is 1. The third-order valence-corrected chi connectivity index (χ3v) is 2.69. The first-order valence-corrected chi connectivity index (χ1v) is 5.97. The molecule has 17 heavy (non-hydrogen) atoms. The standard InChI is InChI=1S/C13H18N4/c1-3-6-14-9-12-4-5-13(16-11(12)2)17-8-7-15-10-17/h4-5,7-8,10,14H,3,6,9H2,1-2H3. The van der Waals surface area contributed by atoms with Gasteiger partial charge in [0.15, 0.2) is 0 Å². The fourth-order valence-electron chi connectivity index (χ4n) is 1.70. The van der Waals surface area contributed by atoms with Crippen LogP contribution in [0.5, 0.6) is 0 Å². The first-order chi connectivity index (χ1) is 8.31. The van der Waals surface area contributed by atoms with Crippen LogP contribution in [-0.2, 0) is 6.54 Å². The van der Waals surface area contributed by atoms with E-state index in [-0.39, 0.29) is 0 Å². The Labute approximate surface area is 102 Å². The first-order valence-electron chi connectivity index (χ1n) is 5.97. The fraction of sp³-hybridized carbons (Fsp3) is 0.385. The second-order valence-corrected chi connectivity index (χ2v) is 4.06. The Morgan fingerprint density at radius 1 is 1.35 bits per heavy atom. The third kappa shape index (κ3) is 2.91. The number of rotatable bonds is 5. The van der Waals surface area contributed by atoms with Gasteiger partial charge in [0.25, 0.3) is 0 Å². The molecule has 90 valence electrons. The van der Waals surface area contributed by atoms with Gasteiger partial charge in [-0.1, -0.05) is 13.0 Å². The van der Waals surface area contributed by atoms with Crippen molar-refractivity contribution in [1.29, 1.82) is 0 Å². The molecular weight excluding hydrogens is 212 g/mol. The van der Waals surface area contributed by atoms with Gasteiger partial charge in [-0.3, -0.25) is 4.57 Å². The molecule has 0 fully saturated rings. The summed E-state index contributed by atoms with van der Waals surface area (Å²) in [4.78, 5) is 8.60. The molecule has 4 nitrogen and oxygen atoms in total. The highest BCUT2D eigenvalue weighted by molar-refractivity contribution is 5.30. The molecule has 0 spiro atoms. The second-order valence-electron chi connectivity index (χ2n) is 4.06. The molecule has 0 saturated carbocycles. The maximum Gasteiger partial charge on any atom is 0.138 e. The highest BCUT2D eigenvalue weighted by Crippen LogP contribution is 2.10. The van der Waals surface area contributed by atoms with Crippen molar-refractivity contribution in [2.75, 3.05) is 6.54 Å². The molecule has 0 aliphatic heterocycles. The highest BCUT2D eigenvalue weighted by Gasteiger charge is 2.02. The quantitative estimate of drug-likeness (QED) is 0.800. The minimum atomic E-state index is 0.886. The Bertz CT molecular complexity index is 462. The Hall–Kier alpha value is -1.68. The number of imidazole rings is 1. The topological polar surface area (TPSA) is 42.7 Å². The Morgan fingerprint density at radius 3 is 2.88 bits per heavy atom. The van der Waals surface area contributed by atoms with Crippen LogP contribution in [-0.4, -0.2) is 21.1 Å². The van der Waals surface area contributed by atoms with Gasteiger partial charge in [0, 0.05) is 24.6 Å². The highest BCUT2D eigenvalue weighted by atomic mass is 15.1. The predicted molar refractivity (Wildman–Crippen MR) is 68.1 cm³/mol. The third-order valence-electron chi connectivity index (χ3n) is 2.69. The zero-order valence-electron chi connectivity index (χ0n) is 10.3. The normalized spacial score (nSPS) is 10.7. The summed E-state index contributed by atoms with van der Waals surface area (Å²) in [5, 5.41) is 3.39. The van der Waals surface area contributed by atoms with Crippen LogP contribution < -0.4 is 5.32 Å². The molecule has 0 amide bonds. The van der Waals surface area contributed by atoms with E-state index in [1.165, 1.54) is 5.56 Å². The second kappa shape index (κ2) is 5.59. The molecule has 4 heteroatoms. The van der Waals surface area contributed by atoms with E-state index >= 15 is 0 Å². The van der Waals surface area contributed by atoms with Crippen LogP contribution >= 0.6 is 0 Å². The van der Waals surface area contributed by atoms with Crippen molar-refractivity contribution in [3.63, 3.8) is 0 Å². The summed E-state index contributed by atoms with van der Waals surface area (Å²) in [6, 6.07) is 4.15. The van der Waals surface area contributed by atoms with E-state index in [4.69, 9.17) is 0 Å². The molecule has 0 aliphatic rings. The number of hydrogen-bond acceptors (Lipinski definition) is 3. The van der Waals surface area contributed by atoms with E-state index in [1.54, 1.807) is 12.5 Å². The minimum Gasteiger partial charge on any atom is -0.313 e. The molecule has 2 heterocycles. The molecular formula is C13H18N4. The SMILES string of the molecule is CCCNCc1ccc(-n2ccnc2)nc1C. The lowest BCUT2D eigenvalue weighted by atomic mass is 10.2. The number of nitrogens with one attached hydrogen (secondary N) is 1. The van der Waals surface area contributed by atoms with Crippen molar-refractivity contribution < 1.29 is 0 Å². The number of aryl methyl sites for hydroxylation is 1. The van der Waals surface area contributed by atoms with Crippen LogP contribution in [0.2, 0.25) is 0 Å². The van der Waals surface area contributed by atoms with Crippen LogP contribution in [0.1, 0.15) is 24.6 Å². The van der Waals surface area contributed by atoms with E-state index in [1.807, 2.05) is 23.8 Å². The van der Waals surface area contributed by atoms with E-state index in [2.05, 4.69) is 28.3 Å². The zero-order valence-corrected chi connectivity index (χ0v) is 10.3. The largest absolute Gasteiger partial charge is 0.313 e. The van der Waals surface area contributed by atoms with Crippen molar-refractivity contribution in [2.45, 2.75) is 26.8 Å². The summed E-state index contributed by atoms with van der Waals surface area (Å²) in [6.45, 7) is 6.14. The van der Waals surface area contributed by atoms with Crippen molar-refractivity contribution >= 4 is 0 Å². The van der Waals surface area contributed by atoms with E-state index in [9.17, 15) is 0 Å². The Morgan fingerprint density at radius 2 is 2.24 bits per heavy atom. The molecule has 0 aromatic carbocycles. The molecule has 0 aliphatic carbocycles. The summed E-state index contributed by atoms with van der Waals surface area (Å²) in [6.07, 6.45) is 6.57. The summed E-state index contributed by atoms with van der Waals surface area (Å²) < 4.78 is 1.91. The van der Waals surface area contributed by atoms with E-state index < -0.39 is 0 Å². The van der Waals surface area contributed by atoms with Crippen molar-refractivity contribution in [3.8, 4) is 5.82 Å². The smallest absolute Gasteiger partial charge is 0.138 e. The Balaban J connectivity index is 2.12. The maximum atomic E-state index is 4.58. The summed E-state index contributed by atoms with van der Waals surface area (Å²) in [5.74, 6) is 0.916. The lowest BCUT2D eigenvalue weighted by molar-refractivity contribution is 0.670. The molecule has 0 atom stereocenters. The van der Waals surface area contributed by atoms with Gasteiger partial charge < -0.3 is 5.32 Å². The van der Waals surface area contributed by atoms with Crippen LogP contribution in [0, 0.1) is 6.92 Å². The molecule has 0 saturated heterocycles. The predicted octanol–water partition coefficient (Wildman–Crippen LogP) is 2.08. The Kier molecular flexibility index (Phi) is 3.88. The lowest BCUT2D eigenvalue weighted by Crippen LogP contribution is -2.15. The monoisotopic (exact) mass is 230 g/mol. The van der Waals surface area contributed by atoms with Crippen molar-refractivity contribution in [3.05, 3.63) is 42.1 Å². The molecule has 2 rings (SSSR count). The minimum absolute atomic E-state index is 0.886. The van der Waals surface area contributed by atoms with Gasteiger partial charge in [0.1, 0.15) is 12.1 Å². The van der Waals surface area contributed by atoms with Crippen LogP contribution in [0.15, 0.2) is 30.9 Å². The van der Waals surface area contributed by atoms with Crippen LogP contribution in [0.4, 0.5) is 0 Å². The molecule has 0 radical (unpaired) electrons. The average Bonchev–Trinajstić information content (AvgIpc) is 2.85. The van der Waals surface area contributed by atoms with Gasteiger partial charge in [-0.05, 0) is 31.5 Å². The lowest BCUT2D eigenvalue weighted by Gasteiger charge is -2.08. The van der Waals surface area contributed by atoms with Gasteiger partial charge in [0.05, 0.1) is 0 Å². The van der Waals surface area contributed by atoms with Gasteiger partial charge >= 0.3 is 0 Å². The summed E-state index contributed by atoms with van der Waals surface area (Å²) >= 11 is 0. The maximum absolute atomic E-state index is 4.58.